The van der Waals surface area contributed by atoms with Gasteiger partial charge in [0.25, 0.3) is 5.91 Å². The molecule has 1 aliphatic heterocycles. The van der Waals surface area contributed by atoms with E-state index in [-0.39, 0.29) is 5.91 Å². The maximum atomic E-state index is 13.1. The molecule has 1 fully saturated rings. The molecule has 0 N–H and O–H groups in total. The molecule has 2 aromatic carbocycles. The van der Waals surface area contributed by atoms with Crippen LogP contribution in [0.4, 0.5) is 0 Å². The van der Waals surface area contributed by atoms with Crippen molar-refractivity contribution in [3.63, 3.8) is 0 Å². The zero-order chi connectivity index (χ0) is 18.8. The minimum absolute atomic E-state index is 0.0451. The third-order valence-electron chi connectivity index (χ3n) is 4.98. The summed E-state index contributed by atoms with van der Waals surface area (Å²) >= 11 is 0. The SMILES string of the molecule is COc1cccc(-c2nn(-c3ccc(C)cc3)cc2C(=O)N2CCCC2)c1. The van der Waals surface area contributed by atoms with Crippen molar-refractivity contribution in [1.82, 2.24) is 14.7 Å². The fraction of sp³-hybridized carbons (Fsp3) is 0.273. The Labute approximate surface area is 159 Å². The van der Waals surface area contributed by atoms with Crippen LogP contribution in [0.25, 0.3) is 16.9 Å². The number of carbonyl (C=O) groups excluding carboxylic acids is 1. The second-order valence-corrected chi connectivity index (χ2v) is 6.90. The monoisotopic (exact) mass is 361 g/mol. The van der Waals surface area contributed by atoms with Crippen LogP contribution in [0.2, 0.25) is 0 Å². The summed E-state index contributed by atoms with van der Waals surface area (Å²) in [5.74, 6) is 0.792. The Morgan fingerprint density at radius 3 is 2.52 bits per heavy atom. The zero-order valence-electron chi connectivity index (χ0n) is 15.7. The van der Waals surface area contributed by atoms with Gasteiger partial charge in [-0.1, -0.05) is 29.8 Å². The predicted octanol–water partition coefficient (Wildman–Crippen LogP) is 4.09. The summed E-state index contributed by atoms with van der Waals surface area (Å²) in [6, 6.07) is 15.8. The van der Waals surface area contributed by atoms with Crippen molar-refractivity contribution in [2.24, 2.45) is 0 Å². The summed E-state index contributed by atoms with van der Waals surface area (Å²) < 4.78 is 7.14. The minimum Gasteiger partial charge on any atom is -0.497 e. The van der Waals surface area contributed by atoms with E-state index in [4.69, 9.17) is 9.84 Å². The van der Waals surface area contributed by atoms with Gasteiger partial charge in [0.2, 0.25) is 0 Å². The van der Waals surface area contributed by atoms with Crippen LogP contribution in [-0.4, -0.2) is 40.8 Å². The van der Waals surface area contributed by atoms with E-state index < -0.39 is 0 Å². The van der Waals surface area contributed by atoms with Crippen LogP contribution in [0.15, 0.2) is 54.7 Å². The van der Waals surface area contributed by atoms with Crippen molar-refractivity contribution >= 4 is 5.91 Å². The first kappa shape index (κ1) is 17.3. The van der Waals surface area contributed by atoms with Gasteiger partial charge in [0.05, 0.1) is 18.4 Å². The fourth-order valence-corrected chi connectivity index (χ4v) is 3.43. The molecular weight excluding hydrogens is 338 g/mol. The fourth-order valence-electron chi connectivity index (χ4n) is 3.43. The van der Waals surface area contributed by atoms with E-state index in [2.05, 4.69) is 6.92 Å². The molecule has 0 radical (unpaired) electrons. The maximum Gasteiger partial charge on any atom is 0.257 e. The number of methoxy groups -OCH3 is 1. The Balaban J connectivity index is 1.81. The van der Waals surface area contributed by atoms with E-state index in [0.29, 0.717) is 11.3 Å². The van der Waals surface area contributed by atoms with E-state index >= 15 is 0 Å². The zero-order valence-corrected chi connectivity index (χ0v) is 15.7. The summed E-state index contributed by atoms with van der Waals surface area (Å²) in [6.45, 7) is 3.68. The summed E-state index contributed by atoms with van der Waals surface area (Å²) in [6.07, 6.45) is 3.97. The van der Waals surface area contributed by atoms with Gasteiger partial charge in [0.15, 0.2) is 0 Å². The topological polar surface area (TPSA) is 47.4 Å². The molecule has 0 bridgehead atoms. The van der Waals surface area contributed by atoms with E-state index in [1.165, 1.54) is 5.56 Å². The van der Waals surface area contributed by atoms with Crippen LogP contribution in [0.3, 0.4) is 0 Å². The highest BCUT2D eigenvalue weighted by molar-refractivity contribution is 6.00. The third-order valence-corrected chi connectivity index (χ3v) is 4.98. The van der Waals surface area contributed by atoms with Gasteiger partial charge in [-0.15, -0.1) is 0 Å². The summed E-state index contributed by atoms with van der Waals surface area (Å²) in [7, 11) is 1.64. The number of amides is 1. The molecule has 0 unspecified atom stereocenters. The molecule has 4 rings (SSSR count). The van der Waals surface area contributed by atoms with Crippen LogP contribution < -0.4 is 4.74 Å². The van der Waals surface area contributed by atoms with Crippen LogP contribution in [0, 0.1) is 6.92 Å². The molecular formula is C22H23N3O2. The van der Waals surface area contributed by atoms with Gasteiger partial charge in [0.1, 0.15) is 11.4 Å². The predicted molar refractivity (Wildman–Crippen MR) is 105 cm³/mol. The number of likely N-dealkylation sites (tertiary alicyclic amines) is 1. The summed E-state index contributed by atoms with van der Waals surface area (Å²) in [5.41, 5.74) is 4.32. The second-order valence-electron chi connectivity index (χ2n) is 6.90. The van der Waals surface area contributed by atoms with Crippen molar-refractivity contribution in [2.45, 2.75) is 19.8 Å². The lowest BCUT2D eigenvalue weighted by Gasteiger charge is -2.14. The number of carbonyl (C=O) groups is 1. The average Bonchev–Trinajstić information content (AvgIpc) is 3.38. The molecule has 138 valence electrons. The first-order valence-corrected chi connectivity index (χ1v) is 9.26. The van der Waals surface area contributed by atoms with Gasteiger partial charge in [-0.3, -0.25) is 4.79 Å². The first-order chi connectivity index (χ1) is 13.2. The van der Waals surface area contributed by atoms with Gasteiger partial charge in [-0.05, 0) is 44.0 Å². The lowest BCUT2D eigenvalue weighted by atomic mass is 10.1. The van der Waals surface area contributed by atoms with Gasteiger partial charge in [-0.25, -0.2) is 4.68 Å². The van der Waals surface area contributed by atoms with Crippen molar-refractivity contribution < 1.29 is 9.53 Å². The molecule has 27 heavy (non-hydrogen) atoms. The molecule has 1 aromatic heterocycles. The van der Waals surface area contributed by atoms with E-state index in [1.807, 2.05) is 59.6 Å². The molecule has 1 aliphatic rings. The number of hydrogen-bond donors (Lipinski definition) is 0. The minimum atomic E-state index is 0.0451. The molecule has 1 saturated heterocycles. The average molecular weight is 361 g/mol. The Morgan fingerprint density at radius 1 is 1.07 bits per heavy atom. The second kappa shape index (κ2) is 7.27. The standard InChI is InChI=1S/C22H23N3O2/c1-16-8-10-18(11-9-16)25-15-20(22(26)24-12-3-4-13-24)21(23-25)17-6-5-7-19(14-17)27-2/h5-11,14-15H,3-4,12-13H2,1-2H3. The molecule has 1 amide bonds. The van der Waals surface area contributed by atoms with Crippen molar-refractivity contribution in [2.75, 3.05) is 20.2 Å². The number of ether oxygens (including phenoxy) is 1. The molecule has 5 heteroatoms. The number of aryl methyl sites for hydroxylation is 1. The van der Waals surface area contributed by atoms with Crippen LogP contribution in [-0.2, 0) is 0 Å². The highest BCUT2D eigenvalue weighted by atomic mass is 16.5. The smallest absolute Gasteiger partial charge is 0.257 e. The molecule has 0 aliphatic carbocycles. The van der Waals surface area contributed by atoms with Gasteiger partial charge in [-0.2, -0.15) is 5.10 Å². The Hall–Kier alpha value is -3.08. The Kier molecular flexibility index (Phi) is 4.67. The van der Waals surface area contributed by atoms with Gasteiger partial charge < -0.3 is 9.64 Å². The highest BCUT2D eigenvalue weighted by Gasteiger charge is 2.25. The van der Waals surface area contributed by atoms with Crippen molar-refractivity contribution in [1.29, 1.82) is 0 Å². The van der Waals surface area contributed by atoms with Crippen LogP contribution >= 0.6 is 0 Å². The quantitative estimate of drug-likeness (QED) is 0.703. The van der Waals surface area contributed by atoms with E-state index in [9.17, 15) is 4.79 Å². The van der Waals surface area contributed by atoms with Crippen LogP contribution in [0.1, 0.15) is 28.8 Å². The van der Waals surface area contributed by atoms with Gasteiger partial charge in [0, 0.05) is 24.8 Å². The third kappa shape index (κ3) is 3.45. The first-order valence-electron chi connectivity index (χ1n) is 9.26. The maximum absolute atomic E-state index is 13.1. The molecule has 0 saturated carbocycles. The lowest BCUT2D eigenvalue weighted by Crippen LogP contribution is -2.27. The summed E-state index contributed by atoms with van der Waals surface area (Å²) in [5, 5.41) is 4.76. The number of benzene rings is 2. The number of aromatic nitrogens is 2. The normalized spacial score (nSPS) is 13.8. The molecule has 0 atom stereocenters. The molecule has 2 heterocycles. The van der Waals surface area contributed by atoms with Crippen molar-refractivity contribution in [3.05, 3.63) is 65.9 Å². The lowest BCUT2D eigenvalue weighted by molar-refractivity contribution is 0.0793. The van der Waals surface area contributed by atoms with E-state index in [1.54, 1.807) is 11.8 Å². The highest BCUT2D eigenvalue weighted by Crippen LogP contribution is 2.28. The van der Waals surface area contributed by atoms with Crippen molar-refractivity contribution in [3.8, 4) is 22.7 Å². The molecule has 3 aromatic rings. The Morgan fingerprint density at radius 2 is 1.81 bits per heavy atom. The number of rotatable bonds is 4. The van der Waals surface area contributed by atoms with E-state index in [0.717, 1.165) is 42.9 Å². The number of nitrogens with zero attached hydrogens (tertiary/aromatic N) is 3. The summed E-state index contributed by atoms with van der Waals surface area (Å²) in [4.78, 5) is 15.1. The van der Waals surface area contributed by atoms with Crippen LogP contribution in [0.5, 0.6) is 5.75 Å². The molecule has 0 spiro atoms. The largest absolute Gasteiger partial charge is 0.497 e. The van der Waals surface area contributed by atoms with Gasteiger partial charge >= 0.3 is 0 Å². The molecule has 5 nitrogen and oxygen atoms in total. The number of hydrogen-bond acceptors (Lipinski definition) is 3. The Bertz CT molecular complexity index is 954.